The Bertz CT molecular complexity index is 174. The van der Waals surface area contributed by atoms with Crippen molar-refractivity contribution in [2.45, 2.75) is 41.0 Å². The molecule has 0 aromatic carbocycles. The van der Waals surface area contributed by atoms with Crippen LogP contribution in [-0.2, 0) is 26.2 Å². The Morgan fingerprint density at radius 3 is 1.57 bits per heavy atom. The largest absolute Gasteiger partial charge is 0.275 e. The van der Waals surface area contributed by atoms with Gasteiger partial charge in [-0.05, 0) is 0 Å². The van der Waals surface area contributed by atoms with E-state index in [4.69, 9.17) is 0 Å². The zero-order valence-corrected chi connectivity index (χ0v) is 14.3. The van der Waals surface area contributed by atoms with Crippen LogP contribution in [0.5, 0.6) is 0 Å². The van der Waals surface area contributed by atoms with Gasteiger partial charge in [0.05, 0.1) is 0 Å². The molecule has 0 saturated carbocycles. The predicted octanol–water partition coefficient (Wildman–Crippen LogP) is 4.77. The molecule has 0 atom stereocenters. The van der Waals surface area contributed by atoms with E-state index in [-0.39, 0.29) is 63.4 Å². The van der Waals surface area contributed by atoms with Crippen molar-refractivity contribution >= 4 is 37.2 Å². The van der Waals surface area contributed by atoms with E-state index >= 15 is 0 Å². The second-order valence-electron chi connectivity index (χ2n) is 2.63. The van der Waals surface area contributed by atoms with Gasteiger partial charge in [0.25, 0.3) is 0 Å². The van der Waals surface area contributed by atoms with E-state index < -0.39 is 0 Å². The molecular weight excluding hydrogens is 318 g/mol. The molecule has 0 radical (unpaired) electrons. The zero-order valence-electron chi connectivity index (χ0n) is 9.43. The molecule has 0 fully saturated rings. The molecule has 0 heterocycles. The number of hydrogen-bond donors (Lipinski definition) is 0. The van der Waals surface area contributed by atoms with Crippen molar-refractivity contribution in [3.63, 3.8) is 0 Å². The van der Waals surface area contributed by atoms with Crippen LogP contribution < -0.4 is 0 Å². The van der Waals surface area contributed by atoms with Gasteiger partial charge in [-0.1, -0.05) is 27.2 Å². The molecule has 0 spiro atoms. The maximum Gasteiger partial charge on any atom is 0 e. The van der Waals surface area contributed by atoms with Crippen molar-refractivity contribution in [3.05, 3.63) is 22.8 Å². The molecular formula is C10H20Cl3Zr-. The zero-order chi connectivity index (χ0) is 8.15. The van der Waals surface area contributed by atoms with Gasteiger partial charge in [0.1, 0.15) is 0 Å². The fraction of sp³-hybridized carbons (Fsp3) is 0.600. The van der Waals surface area contributed by atoms with Crippen molar-refractivity contribution < 1.29 is 26.2 Å². The molecule has 14 heavy (non-hydrogen) atoms. The van der Waals surface area contributed by atoms with Crippen molar-refractivity contribution in [1.29, 1.82) is 0 Å². The van der Waals surface area contributed by atoms with E-state index in [2.05, 4.69) is 33.8 Å². The summed E-state index contributed by atoms with van der Waals surface area (Å²) < 4.78 is 0. The first kappa shape index (κ1) is 29.5. The molecule has 0 aliphatic heterocycles. The molecule has 0 unspecified atom stereocenters. The van der Waals surface area contributed by atoms with Gasteiger partial charge < -0.3 is 0 Å². The second kappa shape index (κ2) is 16.7. The van der Waals surface area contributed by atoms with Gasteiger partial charge in [0.15, 0.2) is 0 Å². The van der Waals surface area contributed by atoms with E-state index in [0.29, 0.717) is 0 Å². The van der Waals surface area contributed by atoms with Crippen LogP contribution in [0.3, 0.4) is 0 Å². The van der Waals surface area contributed by atoms with E-state index in [1.54, 1.807) is 0 Å². The summed E-state index contributed by atoms with van der Waals surface area (Å²) in [5.41, 5.74) is 4.14. The van der Waals surface area contributed by atoms with E-state index in [9.17, 15) is 0 Å². The van der Waals surface area contributed by atoms with E-state index in [0.717, 1.165) is 6.42 Å². The summed E-state index contributed by atoms with van der Waals surface area (Å²) in [6.45, 7) is 10.6. The summed E-state index contributed by atoms with van der Waals surface area (Å²) in [5.74, 6) is 0. The monoisotopic (exact) mass is 335 g/mol. The molecule has 0 rings (SSSR count). The van der Waals surface area contributed by atoms with Gasteiger partial charge in [0, 0.05) is 26.2 Å². The van der Waals surface area contributed by atoms with Crippen LogP contribution in [0.1, 0.15) is 41.0 Å². The summed E-state index contributed by atoms with van der Waals surface area (Å²) in [6, 6.07) is 0. The summed E-state index contributed by atoms with van der Waals surface area (Å²) in [5, 5.41) is 0. The van der Waals surface area contributed by atoms with Crippen LogP contribution in [0, 0.1) is 6.08 Å². The van der Waals surface area contributed by atoms with Crippen LogP contribution in [0.25, 0.3) is 0 Å². The smallest absolute Gasteiger partial charge is 0 e. The van der Waals surface area contributed by atoms with Crippen molar-refractivity contribution in [2.24, 2.45) is 0 Å². The topological polar surface area (TPSA) is 0 Å². The number of rotatable bonds is 2. The standard InChI is InChI=1S/C10H17.3ClH.Zr/c1-6-8(3)10(5)9(4)7-2;;;;/h6H2,1-5H3;3*1H;/q-1;;;;. The minimum Gasteiger partial charge on any atom is -0.275 e. The maximum atomic E-state index is 3.14. The maximum absolute atomic E-state index is 3.14. The molecule has 0 bridgehead atoms. The average Bonchev–Trinajstić information content (AvgIpc) is 2.00. The Morgan fingerprint density at radius 1 is 1.00 bits per heavy atom. The Morgan fingerprint density at radius 2 is 1.36 bits per heavy atom. The van der Waals surface area contributed by atoms with Gasteiger partial charge in [-0.2, -0.15) is 11.1 Å². The Kier molecular flexibility index (Phi) is 35.1. The quantitative estimate of drug-likeness (QED) is 0.503. The van der Waals surface area contributed by atoms with Crippen LogP contribution in [-0.4, -0.2) is 0 Å². The van der Waals surface area contributed by atoms with Crippen LogP contribution >= 0.6 is 37.2 Å². The first-order chi connectivity index (χ1) is 4.63. The molecule has 0 aliphatic carbocycles. The van der Waals surface area contributed by atoms with Crippen molar-refractivity contribution in [3.8, 4) is 0 Å². The first-order valence-corrected chi connectivity index (χ1v) is 3.81. The minimum absolute atomic E-state index is 0. The minimum atomic E-state index is 0. The van der Waals surface area contributed by atoms with Gasteiger partial charge in [0.2, 0.25) is 0 Å². The Labute approximate surface area is 126 Å². The average molecular weight is 338 g/mol. The summed E-state index contributed by atoms with van der Waals surface area (Å²) in [7, 11) is 0. The molecule has 4 heteroatoms. The molecule has 0 aliphatic rings. The second-order valence-corrected chi connectivity index (χ2v) is 2.63. The first-order valence-electron chi connectivity index (χ1n) is 3.81. The van der Waals surface area contributed by atoms with Gasteiger partial charge in [-0.25, -0.2) is 5.57 Å². The Balaban J connectivity index is -0.0000000675. The van der Waals surface area contributed by atoms with Gasteiger partial charge in [-0.3, -0.25) is 6.08 Å². The predicted molar refractivity (Wildman–Crippen MR) is 68.5 cm³/mol. The van der Waals surface area contributed by atoms with E-state index in [1.807, 2.05) is 6.92 Å². The summed E-state index contributed by atoms with van der Waals surface area (Å²) in [6.07, 6.45) is 4.28. The van der Waals surface area contributed by atoms with Gasteiger partial charge in [-0.15, -0.1) is 51.1 Å². The molecule has 0 N–H and O–H groups in total. The van der Waals surface area contributed by atoms with Gasteiger partial charge >= 0.3 is 0 Å². The van der Waals surface area contributed by atoms with Crippen LogP contribution in [0.4, 0.5) is 0 Å². The number of hydrogen-bond acceptors (Lipinski definition) is 0. The molecule has 86 valence electrons. The summed E-state index contributed by atoms with van der Waals surface area (Å²) in [4.78, 5) is 0. The third-order valence-electron chi connectivity index (χ3n) is 2.11. The number of halogens is 3. The SMILES string of the molecule is C[C-]=C(C)C(C)=C(C)CC.Cl.Cl.Cl.[Zr]. The fourth-order valence-electron chi connectivity index (χ4n) is 0.773. The summed E-state index contributed by atoms with van der Waals surface area (Å²) >= 11 is 0. The molecule has 0 nitrogen and oxygen atoms in total. The normalized spacial score (nSPS) is 10.8. The fourth-order valence-corrected chi connectivity index (χ4v) is 0.773. The molecule has 0 aromatic heterocycles. The number of allylic oxidation sites excluding steroid dienone is 4. The van der Waals surface area contributed by atoms with Crippen molar-refractivity contribution in [1.82, 2.24) is 0 Å². The Hall–Kier alpha value is 1.23. The van der Waals surface area contributed by atoms with Crippen molar-refractivity contribution in [2.75, 3.05) is 0 Å². The van der Waals surface area contributed by atoms with E-state index in [1.165, 1.54) is 16.7 Å². The van der Waals surface area contributed by atoms with Crippen LogP contribution in [0.2, 0.25) is 0 Å². The third kappa shape index (κ3) is 11.3. The third-order valence-corrected chi connectivity index (χ3v) is 2.11. The molecule has 0 saturated heterocycles. The molecule has 0 amide bonds. The molecule has 0 aromatic rings. The van der Waals surface area contributed by atoms with Crippen LogP contribution in [0.15, 0.2) is 16.7 Å².